The van der Waals surface area contributed by atoms with Crippen LogP contribution >= 0.6 is 12.2 Å². The predicted molar refractivity (Wildman–Crippen MR) is 131 cm³/mol. The van der Waals surface area contributed by atoms with Crippen molar-refractivity contribution in [2.75, 3.05) is 32.0 Å². The van der Waals surface area contributed by atoms with E-state index in [4.69, 9.17) is 26.4 Å². The van der Waals surface area contributed by atoms with Crippen molar-refractivity contribution in [3.63, 3.8) is 0 Å². The molecule has 0 aromatic heterocycles. The lowest BCUT2D eigenvalue weighted by Gasteiger charge is -2.15. The summed E-state index contributed by atoms with van der Waals surface area (Å²) in [6.45, 7) is 0. The van der Waals surface area contributed by atoms with Crippen molar-refractivity contribution in [3.05, 3.63) is 77.6 Å². The molecule has 3 rings (SSSR count). The fourth-order valence-corrected chi connectivity index (χ4v) is 3.29. The van der Waals surface area contributed by atoms with Gasteiger partial charge in [-0.25, -0.2) is 4.39 Å². The summed E-state index contributed by atoms with van der Waals surface area (Å²) in [5.41, 5.74) is 1.08. The van der Waals surface area contributed by atoms with Gasteiger partial charge in [0.25, 0.3) is 11.8 Å². The van der Waals surface area contributed by atoms with Crippen LogP contribution in [-0.2, 0) is 0 Å². The minimum Gasteiger partial charge on any atom is -0.493 e. The minimum atomic E-state index is -0.605. The lowest BCUT2D eigenvalue weighted by atomic mass is 10.1. The van der Waals surface area contributed by atoms with Crippen molar-refractivity contribution in [1.82, 2.24) is 5.32 Å². The Morgan fingerprint density at radius 3 is 1.91 bits per heavy atom. The van der Waals surface area contributed by atoms with E-state index in [0.29, 0.717) is 22.8 Å². The summed E-state index contributed by atoms with van der Waals surface area (Å²) in [6, 6.07) is 15.3. The maximum absolute atomic E-state index is 14.1. The normalized spacial score (nSPS) is 10.1. The third kappa shape index (κ3) is 5.99. The first-order chi connectivity index (χ1) is 16.3. The van der Waals surface area contributed by atoms with Gasteiger partial charge in [0.1, 0.15) is 5.82 Å². The molecule has 34 heavy (non-hydrogen) atoms. The topological polar surface area (TPSA) is 97.9 Å². The minimum absolute atomic E-state index is 0.0790. The van der Waals surface area contributed by atoms with Crippen molar-refractivity contribution in [2.24, 2.45) is 0 Å². The van der Waals surface area contributed by atoms with Crippen molar-refractivity contribution >= 4 is 40.5 Å². The molecular formula is C24H22FN3O5S. The Morgan fingerprint density at radius 2 is 1.35 bits per heavy atom. The molecule has 0 aliphatic carbocycles. The zero-order valence-electron chi connectivity index (χ0n) is 18.6. The number of anilines is 2. The second-order valence-electron chi connectivity index (χ2n) is 6.87. The zero-order chi connectivity index (χ0) is 24.7. The molecule has 0 aliphatic rings. The number of hydrogen-bond donors (Lipinski definition) is 3. The molecule has 0 aliphatic heterocycles. The van der Waals surface area contributed by atoms with Crippen molar-refractivity contribution in [3.8, 4) is 17.2 Å². The number of ether oxygens (including phenoxy) is 3. The SMILES string of the molecule is COc1cc(C(=O)NC(=S)Nc2cc(F)cc(NC(=O)c3ccccc3)c2)cc(OC)c1OC. The van der Waals surface area contributed by atoms with Crippen molar-refractivity contribution in [1.29, 1.82) is 0 Å². The number of methoxy groups -OCH3 is 3. The van der Waals surface area contributed by atoms with Crippen molar-refractivity contribution < 1.29 is 28.2 Å². The van der Waals surface area contributed by atoms with E-state index in [2.05, 4.69) is 16.0 Å². The monoisotopic (exact) mass is 483 g/mol. The molecule has 0 fully saturated rings. The maximum Gasteiger partial charge on any atom is 0.257 e. The molecule has 3 N–H and O–H groups in total. The number of rotatable bonds is 7. The Bertz CT molecular complexity index is 1200. The highest BCUT2D eigenvalue weighted by atomic mass is 32.1. The van der Waals surface area contributed by atoms with E-state index < -0.39 is 17.6 Å². The Morgan fingerprint density at radius 1 is 0.765 bits per heavy atom. The number of carbonyl (C=O) groups excluding carboxylic acids is 2. The lowest BCUT2D eigenvalue weighted by Crippen LogP contribution is -2.34. The number of hydrogen-bond acceptors (Lipinski definition) is 6. The molecule has 0 saturated heterocycles. The average Bonchev–Trinajstić information content (AvgIpc) is 2.82. The summed E-state index contributed by atoms with van der Waals surface area (Å²) in [5, 5.41) is 7.79. The quantitative estimate of drug-likeness (QED) is 0.433. The molecule has 0 heterocycles. The van der Waals surface area contributed by atoms with E-state index in [9.17, 15) is 14.0 Å². The third-order valence-electron chi connectivity index (χ3n) is 4.60. The summed E-state index contributed by atoms with van der Waals surface area (Å²) in [7, 11) is 4.32. The van der Waals surface area contributed by atoms with Gasteiger partial charge in [0, 0.05) is 22.5 Å². The van der Waals surface area contributed by atoms with Crippen LogP contribution in [-0.4, -0.2) is 38.3 Å². The molecule has 2 amide bonds. The van der Waals surface area contributed by atoms with Crippen LogP contribution in [0.15, 0.2) is 60.7 Å². The number of halogens is 1. The van der Waals surface area contributed by atoms with Gasteiger partial charge in [0.15, 0.2) is 16.6 Å². The van der Waals surface area contributed by atoms with Crippen LogP contribution in [0.4, 0.5) is 15.8 Å². The van der Waals surface area contributed by atoms with E-state index in [0.717, 1.165) is 0 Å². The molecule has 0 saturated carbocycles. The van der Waals surface area contributed by atoms with Gasteiger partial charge >= 0.3 is 0 Å². The molecule has 10 heteroatoms. The second kappa shape index (κ2) is 11.1. The molecule has 3 aromatic rings. The number of benzene rings is 3. The van der Waals surface area contributed by atoms with Gasteiger partial charge in [-0.2, -0.15) is 0 Å². The molecule has 0 spiro atoms. The number of nitrogens with one attached hydrogen (secondary N) is 3. The summed E-state index contributed by atoms with van der Waals surface area (Å²) < 4.78 is 29.9. The van der Waals surface area contributed by atoms with Crippen LogP contribution in [0.1, 0.15) is 20.7 Å². The molecular weight excluding hydrogens is 461 g/mol. The van der Waals surface area contributed by atoms with E-state index in [1.165, 1.54) is 51.7 Å². The van der Waals surface area contributed by atoms with E-state index in [-0.39, 0.29) is 22.1 Å². The van der Waals surface area contributed by atoms with E-state index >= 15 is 0 Å². The number of carbonyl (C=O) groups is 2. The molecule has 3 aromatic carbocycles. The molecule has 176 valence electrons. The van der Waals surface area contributed by atoms with Gasteiger partial charge in [-0.3, -0.25) is 14.9 Å². The van der Waals surface area contributed by atoms with E-state index in [1.807, 2.05) is 0 Å². The Labute approximate surface area is 201 Å². The maximum atomic E-state index is 14.1. The smallest absolute Gasteiger partial charge is 0.257 e. The van der Waals surface area contributed by atoms with Crippen LogP contribution in [0.2, 0.25) is 0 Å². The fourth-order valence-electron chi connectivity index (χ4n) is 3.08. The van der Waals surface area contributed by atoms with Crippen LogP contribution < -0.4 is 30.2 Å². The fraction of sp³-hybridized carbons (Fsp3) is 0.125. The Balaban J connectivity index is 1.71. The average molecular weight is 484 g/mol. The molecule has 0 unspecified atom stereocenters. The Kier molecular flexibility index (Phi) is 7.99. The molecule has 0 bridgehead atoms. The van der Waals surface area contributed by atoms with Gasteiger partial charge in [-0.15, -0.1) is 0 Å². The predicted octanol–water partition coefficient (Wildman–Crippen LogP) is 4.23. The lowest BCUT2D eigenvalue weighted by molar-refractivity contribution is 0.0975. The first kappa shape index (κ1) is 24.5. The highest BCUT2D eigenvalue weighted by Crippen LogP contribution is 2.38. The van der Waals surface area contributed by atoms with Crippen LogP contribution in [0.25, 0.3) is 0 Å². The van der Waals surface area contributed by atoms with Crippen molar-refractivity contribution in [2.45, 2.75) is 0 Å². The third-order valence-corrected chi connectivity index (χ3v) is 4.81. The van der Waals surface area contributed by atoms with Crippen LogP contribution in [0, 0.1) is 5.82 Å². The second-order valence-corrected chi connectivity index (χ2v) is 7.28. The molecule has 0 atom stereocenters. The van der Waals surface area contributed by atoms with Gasteiger partial charge in [-0.05, 0) is 54.7 Å². The van der Waals surface area contributed by atoms with Gasteiger partial charge < -0.3 is 24.8 Å². The van der Waals surface area contributed by atoms with Crippen LogP contribution in [0.5, 0.6) is 17.2 Å². The summed E-state index contributed by atoms with van der Waals surface area (Å²) in [4.78, 5) is 25.0. The van der Waals surface area contributed by atoms with Gasteiger partial charge in [0.2, 0.25) is 5.75 Å². The molecule has 0 radical (unpaired) electrons. The highest BCUT2D eigenvalue weighted by Gasteiger charge is 2.18. The first-order valence-corrected chi connectivity index (χ1v) is 10.3. The first-order valence-electron chi connectivity index (χ1n) is 9.94. The number of amides is 2. The summed E-state index contributed by atoms with van der Waals surface area (Å²) in [6.07, 6.45) is 0. The number of thiocarbonyl (C=S) groups is 1. The molecule has 8 nitrogen and oxygen atoms in total. The standard InChI is InChI=1S/C24H22FN3O5S/c1-31-19-9-15(10-20(32-2)21(19)33-3)23(30)28-24(34)27-18-12-16(25)11-17(13-18)26-22(29)14-7-5-4-6-8-14/h4-13H,1-3H3,(H,26,29)(H2,27,28,30,34). The zero-order valence-corrected chi connectivity index (χ0v) is 19.4. The summed E-state index contributed by atoms with van der Waals surface area (Å²) in [5.74, 6) is -0.606. The highest BCUT2D eigenvalue weighted by molar-refractivity contribution is 7.80. The van der Waals surface area contributed by atoms with Crippen LogP contribution in [0.3, 0.4) is 0 Å². The largest absolute Gasteiger partial charge is 0.493 e. The summed E-state index contributed by atoms with van der Waals surface area (Å²) >= 11 is 5.19. The van der Waals surface area contributed by atoms with E-state index in [1.54, 1.807) is 30.3 Å². The van der Waals surface area contributed by atoms with Gasteiger partial charge in [-0.1, -0.05) is 18.2 Å². The Hall–Kier alpha value is -4.18. The van der Waals surface area contributed by atoms with Gasteiger partial charge in [0.05, 0.1) is 21.3 Å².